The molecule has 3 aliphatic heterocycles. The fourth-order valence-electron chi connectivity index (χ4n) is 5.15. The molecule has 3 fully saturated rings. The lowest BCUT2D eigenvalue weighted by Gasteiger charge is -2.37. The minimum atomic E-state index is -1.10. The van der Waals surface area contributed by atoms with Crippen molar-refractivity contribution in [3.8, 4) is 5.75 Å². The highest BCUT2D eigenvalue weighted by atomic mass is 32.2. The lowest BCUT2D eigenvalue weighted by atomic mass is 9.99. The lowest BCUT2D eigenvalue weighted by molar-refractivity contribution is -0.280. The van der Waals surface area contributed by atoms with E-state index in [0.717, 1.165) is 19.3 Å². The molecule has 1 aromatic heterocycles. The van der Waals surface area contributed by atoms with Crippen molar-refractivity contribution in [3.63, 3.8) is 0 Å². The molecule has 13 nitrogen and oxygen atoms in total. The molecule has 238 valence electrons. The number of thioether (sulfide) groups is 1. The number of oxime groups is 1. The Kier molecular flexibility index (Phi) is 9.54. The molecule has 0 spiro atoms. The van der Waals surface area contributed by atoms with Gasteiger partial charge in [0.05, 0.1) is 25.3 Å². The number of hydrogen-bond acceptors (Lipinski definition) is 13. The van der Waals surface area contributed by atoms with Crippen molar-refractivity contribution < 1.29 is 43.2 Å². The summed E-state index contributed by atoms with van der Waals surface area (Å²) < 4.78 is 28.7. The SMILES string of the molecule is CCC[C@@H](NC(=O)C1(C)CSC(/C(C)=N/O[C@H]2O[C@H](CO)[C@@H](O)[C@@H]3OC(C)(C)O[C@H]23)=N1)c1cc(OCC2CC2)cc(=O)o1. The Bertz CT molecular complexity index is 1300. The molecule has 2 saturated heterocycles. The molecule has 1 unspecified atom stereocenters. The van der Waals surface area contributed by atoms with E-state index in [1.807, 2.05) is 6.92 Å². The van der Waals surface area contributed by atoms with Crippen molar-refractivity contribution in [3.05, 3.63) is 28.3 Å². The number of ether oxygens (including phenoxy) is 4. The van der Waals surface area contributed by atoms with E-state index in [-0.39, 0.29) is 5.91 Å². The number of amides is 1. The van der Waals surface area contributed by atoms with Gasteiger partial charge < -0.3 is 43.7 Å². The molecule has 0 aromatic carbocycles. The van der Waals surface area contributed by atoms with E-state index in [1.165, 1.54) is 17.8 Å². The van der Waals surface area contributed by atoms with E-state index in [2.05, 4.69) is 15.5 Å². The van der Waals surface area contributed by atoms with Crippen LogP contribution >= 0.6 is 11.8 Å². The first-order valence-electron chi connectivity index (χ1n) is 14.7. The summed E-state index contributed by atoms with van der Waals surface area (Å²) in [5, 5.41) is 27.9. The quantitative estimate of drug-likeness (QED) is 0.231. The summed E-state index contributed by atoms with van der Waals surface area (Å²) in [5.74, 6) is 0.384. The number of aliphatic imine (C=N–C) groups is 1. The molecule has 0 bridgehead atoms. The summed E-state index contributed by atoms with van der Waals surface area (Å²) in [6.45, 7) is 8.97. The van der Waals surface area contributed by atoms with Gasteiger partial charge in [-0.3, -0.25) is 9.79 Å². The first-order valence-corrected chi connectivity index (χ1v) is 15.7. The molecule has 4 aliphatic rings. The van der Waals surface area contributed by atoms with Gasteiger partial charge >= 0.3 is 5.63 Å². The Labute approximate surface area is 254 Å². The summed E-state index contributed by atoms with van der Waals surface area (Å²) in [6, 6.07) is 2.47. The normalized spacial score (nSPS) is 32.6. The predicted octanol–water partition coefficient (Wildman–Crippen LogP) is 2.28. The molecular weight excluding hydrogens is 582 g/mol. The summed E-state index contributed by atoms with van der Waals surface area (Å²) in [6.07, 6.45) is -1.05. The molecule has 1 amide bonds. The third-order valence-corrected chi connectivity index (χ3v) is 9.11. The Morgan fingerprint density at radius 2 is 2.00 bits per heavy atom. The van der Waals surface area contributed by atoms with Gasteiger partial charge in [-0.25, -0.2) is 4.79 Å². The van der Waals surface area contributed by atoms with Crippen LogP contribution in [0.5, 0.6) is 5.75 Å². The predicted molar refractivity (Wildman–Crippen MR) is 157 cm³/mol. The van der Waals surface area contributed by atoms with Crippen molar-refractivity contribution >= 4 is 28.4 Å². The number of aliphatic hydroxyl groups is 2. The fraction of sp³-hybridized carbons (Fsp3) is 0.724. The van der Waals surface area contributed by atoms with Crippen molar-refractivity contribution in [2.45, 2.75) is 108 Å². The van der Waals surface area contributed by atoms with Crippen LogP contribution in [0, 0.1) is 5.92 Å². The molecule has 1 saturated carbocycles. The van der Waals surface area contributed by atoms with Gasteiger partial charge in [0, 0.05) is 11.8 Å². The molecule has 14 heteroatoms. The van der Waals surface area contributed by atoms with E-state index < -0.39 is 60.3 Å². The standard InChI is InChI=1S/C29H41N3O10S/c1-6-7-18(19-10-17(11-21(34)38-19)37-13-16-8-9-16)30-27(36)29(5)14-43-25(31-29)15(2)32-42-26-24-23(40-28(3,4)41-24)22(35)20(12-33)39-26/h10-11,16,18,20,22-24,26,33,35H,6-9,12-14H2,1-5H3,(H,30,36)/b32-15+/t18-,20-,22-,23+,24+,26-,29?/m1/s1. The van der Waals surface area contributed by atoms with Crippen LogP contribution in [0.3, 0.4) is 0 Å². The van der Waals surface area contributed by atoms with Crippen LogP contribution < -0.4 is 15.7 Å². The Morgan fingerprint density at radius 3 is 2.70 bits per heavy atom. The maximum atomic E-state index is 13.5. The number of fused-ring (bicyclic) bond motifs is 1. The number of hydrogen-bond donors (Lipinski definition) is 3. The van der Waals surface area contributed by atoms with Crippen molar-refractivity contribution in [1.82, 2.24) is 5.32 Å². The van der Waals surface area contributed by atoms with Gasteiger partial charge in [-0.15, -0.1) is 11.8 Å². The molecule has 0 radical (unpaired) electrons. The van der Waals surface area contributed by atoms with Gasteiger partial charge in [0.1, 0.15) is 46.1 Å². The van der Waals surface area contributed by atoms with Gasteiger partial charge in [0.15, 0.2) is 11.9 Å². The molecule has 1 aromatic rings. The monoisotopic (exact) mass is 623 g/mol. The third-order valence-electron chi connectivity index (χ3n) is 7.74. The van der Waals surface area contributed by atoms with Crippen LogP contribution in [0.4, 0.5) is 0 Å². The molecule has 3 N–H and O–H groups in total. The maximum Gasteiger partial charge on any atom is 0.339 e. The minimum Gasteiger partial charge on any atom is -0.493 e. The molecule has 1 aliphatic carbocycles. The first kappa shape index (κ1) is 31.9. The van der Waals surface area contributed by atoms with Gasteiger partial charge in [-0.05, 0) is 52.9 Å². The molecule has 7 atom stereocenters. The number of aliphatic hydroxyl groups excluding tert-OH is 2. The van der Waals surface area contributed by atoms with Crippen molar-refractivity contribution in [1.29, 1.82) is 0 Å². The maximum absolute atomic E-state index is 13.5. The van der Waals surface area contributed by atoms with Gasteiger partial charge in [-0.2, -0.15) is 0 Å². The van der Waals surface area contributed by atoms with Crippen LogP contribution in [0.15, 0.2) is 31.5 Å². The molecule has 43 heavy (non-hydrogen) atoms. The first-order chi connectivity index (χ1) is 20.4. The average molecular weight is 624 g/mol. The second-order valence-corrected chi connectivity index (χ2v) is 13.1. The summed E-state index contributed by atoms with van der Waals surface area (Å²) in [7, 11) is 0. The highest BCUT2D eigenvalue weighted by Gasteiger charge is 2.56. The highest BCUT2D eigenvalue weighted by Crippen LogP contribution is 2.38. The van der Waals surface area contributed by atoms with Crippen LogP contribution in [0.2, 0.25) is 0 Å². The average Bonchev–Trinajstić information content (AvgIpc) is 3.61. The fourth-order valence-corrected chi connectivity index (χ4v) is 6.28. The zero-order valence-electron chi connectivity index (χ0n) is 25.1. The van der Waals surface area contributed by atoms with Crippen LogP contribution in [-0.2, 0) is 23.8 Å². The third kappa shape index (κ3) is 7.43. The van der Waals surface area contributed by atoms with Gasteiger partial charge in [0.2, 0.25) is 5.91 Å². The Balaban J connectivity index is 1.26. The van der Waals surface area contributed by atoms with Crippen molar-refractivity contribution in [2.75, 3.05) is 19.0 Å². The molecule has 5 rings (SSSR count). The topological polar surface area (TPSA) is 171 Å². The van der Waals surface area contributed by atoms with E-state index in [1.54, 1.807) is 33.8 Å². The van der Waals surface area contributed by atoms with Crippen molar-refractivity contribution in [2.24, 2.45) is 16.1 Å². The van der Waals surface area contributed by atoms with E-state index >= 15 is 0 Å². The molecule has 4 heterocycles. The second kappa shape index (κ2) is 12.9. The highest BCUT2D eigenvalue weighted by molar-refractivity contribution is 8.16. The second-order valence-electron chi connectivity index (χ2n) is 12.1. The Morgan fingerprint density at radius 1 is 1.26 bits per heavy atom. The summed E-state index contributed by atoms with van der Waals surface area (Å²) >= 11 is 1.36. The minimum absolute atomic E-state index is 0.314. The number of nitrogens with zero attached hydrogens (tertiary/aromatic N) is 2. The number of nitrogens with one attached hydrogen (secondary N) is 1. The number of carbonyl (C=O) groups excluding carboxylic acids is 1. The van der Waals surface area contributed by atoms with Crippen LogP contribution in [-0.4, -0.2) is 87.9 Å². The van der Waals surface area contributed by atoms with E-state index in [4.69, 9.17) is 28.2 Å². The summed E-state index contributed by atoms with van der Waals surface area (Å²) in [5.41, 5.74) is -1.21. The lowest BCUT2D eigenvalue weighted by Crippen LogP contribution is -2.57. The zero-order chi connectivity index (χ0) is 30.9. The van der Waals surface area contributed by atoms with E-state index in [9.17, 15) is 19.8 Å². The number of rotatable bonds is 12. The smallest absolute Gasteiger partial charge is 0.339 e. The summed E-state index contributed by atoms with van der Waals surface area (Å²) in [4.78, 5) is 36.1. The van der Waals surface area contributed by atoms with E-state index in [0.29, 0.717) is 47.0 Å². The van der Waals surface area contributed by atoms with Gasteiger partial charge in [0.25, 0.3) is 6.29 Å². The molecular formula is C29H41N3O10S. The number of carbonyl (C=O) groups is 1. The zero-order valence-corrected chi connectivity index (χ0v) is 25.9. The Hall–Kier alpha value is -2.49. The van der Waals surface area contributed by atoms with Crippen LogP contribution in [0.25, 0.3) is 0 Å². The van der Waals surface area contributed by atoms with Gasteiger partial charge in [-0.1, -0.05) is 18.5 Å². The largest absolute Gasteiger partial charge is 0.493 e. The van der Waals surface area contributed by atoms with Crippen LogP contribution in [0.1, 0.15) is 72.1 Å².